The van der Waals surface area contributed by atoms with Crippen molar-refractivity contribution in [1.82, 2.24) is 19.5 Å². The molecule has 0 amide bonds. The summed E-state index contributed by atoms with van der Waals surface area (Å²) < 4.78 is 22.0. The quantitative estimate of drug-likeness (QED) is 0.498. The molecule has 8 nitrogen and oxygen atoms in total. The van der Waals surface area contributed by atoms with Crippen LogP contribution in [0.25, 0.3) is 11.2 Å². The van der Waals surface area contributed by atoms with E-state index in [9.17, 15) is 5.11 Å². The van der Waals surface area contributed by atoms with Crippen LogP contribution in [0.5, 0.6) is 0 Å². The van der Waals surface area contributed by atoms with Crippen LogP contribution >= 0.6 is 0 Å². The second-order valence-electron chi connectivity index (χ2n) is 12.5. The normalized spacial score (nSPS) is 22.6. The Morgan fingerprint density at radius 1 is 1.03 bits per heavy atom. The van der Waals surface area contributed by atoms with Gasteiger partial charge in [-0.1, -0.05) is 41.5 Å². The van der Waals surface area contributed by atoms with Crippen molar-refractivity contribution in [1.29, 1.82) is 0 Å². The first-order chi connectivity index (χ1) is 15.6. The van der Waals surface area contributed by atoms with Crippen molar-refractivity contribution < 1.29 is 18.7 Å². The Labute approximate surface area is 206 Å². The molecule has 1 fully saturated rings. The van der Waals surface area contributed by atoms with Crippen LogP contribution in [0.4, 0.5) is 0 Å². The molecule has 3 atom stereocenters. The molecule has 0 unspecified atom stereocenters. The van der Waals surface area contributed by atoms with Crippen molar-refractivity contribution in [2.75, 3.05) is 13.2 Å². The van der Waals surface area contributed by atoms with Crippen LogP contribution in [-0.4, -0.2) is 66.7 Å². The molecular weight excluding hydrogens is 464 g/mol. The number of nitrogens with zero attached hydrogens (tertiary/aromatic N) is 4. The standard InChI is InChI=1S/C24H44N4O4Si2/c1-23(2,3)33(7,8)30-14-19-18(32-34(9,10)24(4,5)6)13-20(31-19)28-16-27-21-17(11-12-29)25-15-26-22(21)28/h15-16,18-20,29H,11-14H2,1-10H3/t18-,19+,20+/m0/s1. The zero-order valence-corrected chi connectivity index (χ0v) is 24.7. The molecule has 0 aliphatic carbocycles. The lowest BCUT2D eigenvalue weighted by Crippen LogP contribution is -2.48. The number of rotatable bonds is 8. The molecule has 3 rings (SSSR count). The van der Waals surface area contributed by atoms with E-state index in [4.69, 9.17) is 13.6 Å². The summed E-state index contributed by atoms with van der Waals surface area (Å²) in [5, 5.41) is 9.61. The van der Waals surface area contributed by atoms with Gasteiger partial charge in [0.25, 0.3) is 0 Å². The summed E-state index contributed by atoms with van der Waals surface area (Å²) in [6, 6.07) is 0. The highest BCUT2D eigenvalue weighted by molar-refractivity contribution is 6.74. The maximum Gasteiger partial charge on any atom is 0.192 e. The molecule has 0 spiro atoms. The third-order valence-corrected chi connectivity index (χ3v) is 16.9. The molecule has 10 heteroatoms. The summed E-state index contributed by atoms with van der Waals surface area (Å²) in [4.78, 5) is 13.3. The van der Waals surface area contributed by atoms with Crippen molar-refractivity contribution in [3.8, 4) is 0 Å². The molecule has 0 aromatic carbocycles. The lowest BCUT2D eigenvalue weighted by molar-refractivity contribution is -0.0383. The van der Waals surface area contributed by atoms with Crippen LogP contribution < -0.4 is 0 Å². The van der Waals surface area contributed by atoms with Gasteiger partial charge in [0.05, 0.1) is 24.7 Å². The van der Waals surface area contributed by atoms with E-state index in [0.717, 1.165) is 11.3 Å². The summed E-state index contributed by atoms with van der Waals surface area (Å²) in [6.07, 6.45) is 3.98. The first-order valence-corrected chi connectivity index (χ1v) is 18.1. The van der Waals surface area contributed by atoms with E-state index < -0.39 is 16.6 Å². The predicted molar refractivity (Wildman–Crippen MR) is 140 cm³/mol. The molecule has 2 aromatic heterocycles. The van der Waals surface area contributed by atoms with Gasteiger partial charge in [-0.15, -0.1) is 0 Å². The Balaban J connectivity index is 1.88. The number of aliphatic hydroxyl groups excluding tert-OH is 1. The molecule has 1 saturated heterocycles. The zero-order chi connectivity index (χ0) is 25.5. The number of aromatic nitrogens is 4. The van der Waals surface area contributed by atoms with Gasteiger partial charge in [-0.05, 0) is 36.3 Å². The highest BCUT2D eigenvalue weighted by atomic mass is 28.4. The van der Waals surface area contributed by atoms with Gasteiger partial charge in [0.1, 0.15) is 24.2 Å². The lowest BCUT2D eigenvalue weighted by atomic mass is 10.2. The highest BCUT2D eigenvalue weighted by Gasteiger charge is 2.46. The lowest BCUT2D eigenvalue weighted by Gasteiger charge is -2.40. The summed E-state index contributed by atoms with van der Waals surface area (Å²) in [6.45, 7) is 23.2. The van der Waals surface area contributed by atoms with E-state index >= 15 is 0 Å². The van der Waals surface area contributed by atoms with E-state index in [1.165, 1.54) is 6.33 Å². The zero-order valence-electron chi connectivity index (χ0n) is 22.7. The number of imidazole rings is 1. The molecule has 1 aliphatic rings. The van der Waals surface area contributed by atoms with Gasteiger partial charge in [-0.3, -0.25) is 4.57 Å². The SMILES string of the molecule is CC(C)(C)[Si](C)(C)OC[C@H]1O[C@@H](n2cnc3c(CCO)ncnc32)C[C@@H]1O[Si](C)(C)C(C)(C)C. The van der Waals surface area contributed by atoms with E-state index in [2.05, 4.69) is 82.7 Å². The third kappa shape index (κ3) is 5.62. The van der Waals surface area contributed by atoms with Crippen molar-refractivity contribution in [2.24, 2.45) is 0 Å². The summed E-state index contributed by atoms with van der Waals surface area (Å²) in [5.41, 5.74) is 2.18. The van der Waals surface area contributed by atoms with Crippen LogP contribution in [0.15, 0.2) is 12.7 Å². The average Bonchev–Trinajstić information content (AvgIpc) is 3.29. The van der Waals surface area contributed by atoms with Crippen molar-refractivity contribution in [3.05, 3.63) is 18.3 Å². The monoisotopic (exact) mass is 508 g/mol. The summed E-state index contributed by atoms with van der Waals surface area (Å²) in [7, 11) is -3.95. The Hall–Kier alpha value is -1.18. The first kappa shape index (κ1) is 27.4. The first-order valence-electron chi connectivity index (χ1n) is 12.3. The molecule has 0 bridgehead atoms. The van der Waals surface area contributed by atoms with E-state index in [-0.39, 0.29) is 35.1 Å². The highest BCUT2D eigenvalue weighted by Crippen LogP contribution is 2.42. The van der Waals surface area contributed by atoms with Gasteiger partial charge in [0.2, 0.25) is 0 Å². The largest absolute Gasteiger partial charge is 0.414 e. The van der Waals surface area contributed by atoms with E-state index in [1.807, 2.05) is 4.57 Å². The Morgan fingerprint density at radius 2 is 1.68 bits per heavy atom. The second-order valence-corrected chi connectivity index (χ2v) is 22.0. The smallest absolute Gasteiger partial charge is 0.192 e. The molecule has 0 saturated carbocycles. The number of aliphatic hydroxyl groups is 1. The third-order valence-electron chi connectivity index (χ3n) is 7.94. The molecule has 34 heavy (non-hydrogen) atoms. The van der Waals surface area contributed by atoms with Gasteiger partial charge in [0.15, 0.2) is 22.3 Å². The van der Waals surface area contributed by atoms with Crippen molar-refractivity contribution in [2.45, 2.75) is 109 Å². The van der Waals surface area contributed by atoms with Crippen LogP contribution in [0.3, 0.4) is 0 Å². The van der Waals surface area contributed by atoms with Gasteiger partial charge in [0, 0.05) is 19.4 Å². The number of fused-ring (bicyclic) bond motifs is 1. The number of ether oxygens (including phenoxy) is 1. The number of hydrogen-bond acceptors (Lipinski definition) is 7. The fraction of sp³-hybridized carbons (Fsp3) is 0.792. The Kier molecular flexibility index (Phi) is 7.82. The van der Waals surface area contributed by atoms with Crippen LogP contribution in [0.2, 0.25) is 36.3 Å². The van der Waals surface area contributed by atoms with Crippen LogP contribution in [0, 0.1) is 0 Å². The minimum Gasteiger partial charge on any atom is -0.414 e. The van der Waals surface area contributed by atoms with Crippen LogP contribution in [0.1, 0.15) is 59.9 Å². The minimum atomic E-state index is -2.01. The molecule has 3 heterocycles. The maximum absolute atomic E-state index is 9.38. The van der Waals surface area contributed by atoms with Gasteiger partial charge >= 0.3 is 0 Å². The molecular formula is C24H44N4O4Si2. The van der Waals surface area contributed by atoms with Crippen LogP contribution in [-0.2, 0) is 20.0 Å². The van der Waals surface area contributed by atoms with Crippen molar-refractivity contribution >= 4 is 27.8 Å². The molecule has 0 radical (unpaired) electrons. The topological polar surface area (TPSA) is 91.5 Å². The Bertz CT molecular complexity index is 981. The van der Waals surface area contributed by atoms with E-state index in [0.29, 0.717) is 25.0 Å². The van der Waals surface area contributed by atoms with Gasteiger partial charge < -0.3 is 18.7 Å². The van der Waals surface area contributed by atoms with Crippen molar-refractivity contribution in [3.63, 3.8) is 0 Å². The Morgan fingerprint density at radius 3 is 2.26 bits per heavy atom. The second kappa shape index (κ2) is 9.70. The fourth-order valence-corrected chi connectivity index (χ4v) is 5.98. The average molecular weight is 509 g/mol. The van der Waals surface area contributed by atoms with Gasteiger partial charge in [-0.2, -0.15) is 0 Å². The molecule has 1 N–H and O–H groups in total. The van der Waals surface area contributed by atoms with Gasteiger partial charge in [-0.25, -0.2) is 15.0 Å². The van der Waals surface area contributed by atoms with E-state index in [1.54, 1.807) is 6.33 Å². The molecule has 192 valence electrons. The number of hydrogen-bond donors (Lipinski definition) is 1. The molecule has 2 aromatic rings. The summed E-state index contributed by atoms with van der Waals surface area (Å²) >= 11 is 0. The molecule has 1 aliphatic heterocycles. The predicted octanol–water partition coefficient (Wildman–Crippen LogP) is 5.06. The summed E-state index contributed by atoms with van der Waals surface area (Å²) in [5.74, 6) is 0. The minimum absolute atomic E-state index is 0.0220. The maximum atomic E-state index is 9.38. The fourth-order valence-electron chi connectivity index (χ4n) is 3.61.